The number of carbonyl (C=O) groups is 1. The molecular weight excluding hydrogens is 257 g/mol. The van der Waals surface area contributed by atoms with Crippen LogP contribution in [0.25, 0.3) is 0 Å². The minimum absolute atomic E-state index is 0.259. The minimum atomic E-state index is -0.340. The summed E-state index contributed by atoms with van der Waals surface area (Å²) in [4.78, 5) is 15.0. The van der Waals surface area contributed by atoms with Gasteiger partial charge in [-0.2, -0.15) is 0 Å². The van der Waals surface area contributed by atoms with Crippen LogP contribution in [0, 0.1) is 12.7 Å². The van der Waals surface area contributed by atoms with Gasteiger partial charge in [0.2, 0.25) is 0 Å². The molecule has 0 spiro atoms. The summed E-state index contributed by atoms with van der Waals surface area (Å²) in [6.45, 7) is 2.21. The number of methoxy groups -OCH3 is 1. The van der Waals surface area contributed by atoms with Crippen LogP contribution in [0.3, 0.4) is 0 Å². The third kappa shape index (κ3) is 4.45. The standard InChI is InChI=1S/C13H15ClFNO2/c1-9-6-11(15)7-10(13(9)14)8-16-5-3-4-12(17)18-2/h6-8H,3-5H2,1-2H3/b16-8+. The molecule has 0 unspecified atom stereocenters. The third-order valence-corrected chi connectivity index (χ3v) is 2.89. The number of halogens is 2. The van der Waals surface area contributed by atoms with Crippen LogP contribution < -0.4 is 0 Å². The van der Waals surface area contributed by atoms with Crippen LogP contribution in [-0.4, -0.2) is 25.8 Å². The first-order valence-corrected chi connectivity index (χ1v) is 5.94. The summed E-state index contributed by atoms with van der Waals surface area (Å²) >= 11 is 6.02. The highest BCUT2D eigenvalue weighted by Crippen LogP contribution is 2.20. The van der Waals surface area contributed by atoms with Crippen molar-refractivity contribution in [1.29, 1.82) is 0 Å². The molecular formula is C13H15ClFNO2. The average Bonchev–Trinajstić information content (AvgIpc) is 2.34. The van der Waals surface area contributed by atoms with Gasteiger partial charge in [0.05, 0.1) is 12.1 Å². The van der Waals surface area contributed by atoms with Crippen molar-refractivity contribution in [3.8, 4) is 0 Å². The van der Waals surface area contributed by atoms with E-state index in [9.17, 15) is 9.18 Å². The van der Waals surface area contributed by atoms with Crippen LogP contribution in [0.5, 0.6) is 0 Å². The summed E-state index contributed by atoms with van der Waals surface area (Å²) in [5.74, 6) is -0.599. The highest BCUT2D eigenvalue weighted by atomic mass is 35.5. The molecule has 18 heavy (non-hydrogen) atoms. The Kier molecular flexibility index (Phi) is 5.78. The summed E-state index contributed by atoms with van der Waals surface area (Å²) in [6, 6.07) is 2.70. The quantitative estimate of drug-likeness (QED) is 0.469. The maximum absolute atomic E-state index is 13.2. The van der Waals surface area contributed by atoms with Crippen molar-refractivity contribution in [3.63, 3.8) is 0 Å². The molecule has 0 aliphatic heterocycles. The van der Waals surface area contributed by atoms with Gasteiger partial charge in [0.25, 0.3) is 0 Å². The Morgan fingerprint density at radius 3 is 2.94 bits per heavy atom. The molecule has 0 radical (unpaired) electrons. The van der Waals surface area contributed by atoms with Crippen molar-refractivity contribution in [3.05, 3.63) is 34.1 Å². The Morgan fingerprint density at radius 2 is 2.28 bits per heavy atom. The number of aryl methyl sites for hydroxylation is 1. The Balaban J connectivity index is 2.54. The van der Waals surface area contributed by atoms with E-state index < -0.39 is 0 Å². The lowest BCUT2D eigenvalue weighted by atomic mass is 10.1. The predicted molar refractivity (Wildman–Crippen MR) is 69.9 cm³/mol. The maximum Gasteiger partial charge on any atom is 0.305 e. The molecule has 98 valence electrons. The van der Waals surface area contributed by atoms with Crippen LogP contribution in [0.4, 0.5) is 4.39 Å². The number of esters is 1. The van der Waals surface area contributed by atoms with Gasteiger partial charge >= 0.3 is 5.97 Å². The Bertz CT molecular complexity index is 461. The SMILES string of the molecule is COC(=O)CCC/N=C/c1cc(F)cc(C)c1Cl. The normalized spacial score (nSPS) is 10.9. The number of hydrogen-bond donors (Lipinski definition) is 0. The number of nitrogens with zero attached hydrogens (tertiary/aromatic N) is 1. The monoisotopic (exact) mass is 271 g/mol. The second kappa shape index (κ2) is 7.11. The first-order valence-electron chi connectivity index (χ1n) is 5.57. The molecule has 1 aromatic carbocycles. The third-order valence-electron chi connectivity index (χ3n) is 2.37. The number of rotatable bonds is 5. The zero-order valence-corrected chi connectivity index (χ0v) is 11.1. The van der Waals surface area contributed by atoms with E-state index in [0.29, 0.717) is 35.5 Å². The molecule has 0 bridgehead atoms. The van der Waals surface area contributed by atoms with Gasteiger partial charge in [-0.25, -0.2) is 4.39 Å². The predicted octanol–water partition coefficient (Wildman–Crippen LogP) is 3.16. The first kappa shape index (κ1) is 14.6. The van der Waals surface area contributed by atoms with E-state index >= 15 is 0 Å². The average molecular weight is 272 g/mol. The fourth-order valence-electron chi connectivity index (χ4n) is 1.43. The van der Waals surface area contributed by atoms with Gasteiger partial charge in [0, 0.05) is 24.7 Å². The molecule has 0 aliphatic carbocycles. The molecule has 0 amide bonds. The van der Waals surface area contributed by atoms with Gasteiger partial charge in [0.15, 0.2) is 0 Å². The molecule has 0 N–H and O–H groups in total. The van der Waals surface area contributed by atoms with E-state index in [1.807, 2.05) is 0 Å². The second-order valence-corrected chi connectivity index (χ2v) is 4.22. The molecule has 0 aliphatic rings. The fraction of sp³-hybridized carbons (Fsp3) is 0.385. The zero-order valence-electron chi connectivity index (χ0n) is 10.4. The van der Waals surface area contributed by atoms with Gasteiger partial charge in [0.1, 0.15) is 5.82 Å². The smallest absolute Gasteiger partial charge is 0.305 e. The number of ether oxygens (including phenoxy) is 1. The molecule has 1 aromatic rings. The van der Waals surface area contributed by atoms with Crippen LogP contribution in [0.2, 0.25) is 5.02 Å². The molecule has 0 fully saturated rings. The summed E-state index contributed by atoms with van der Waals surface area (Å²) < 4.78 is 17.7. The Hall–Kier alpha value is -1.42. The largest absolute Gasteiger partial charge is 0.469 e. The number of benzene rings is 1. The second-order valence-electron chi connectivity index (χ2n) is 3.84. The molecule has 1 rings (SSSR count). The molecule has 3 nitrogen and oxygen atoms in total. The fourth-order valence-corrected chi connectivity index (χ4v) is 1.58. The summed E-state index contributed by atoms with van der Waals surface area (Å²) in [7, 11) is 1.35. The topological polar surface area (TPSA) is 38.7 Å². The van der Waals surface area contributed by atoms with Crippen molar-refractivity contribution in [2.45, 2.75) is 19.8 Å². The molecule has 0 aromatic heterocycles. The Morgan fingerprint density at radius 1 is 1.56 bits per heavy atom. The van der Waals surface area contributed by atoms with E-state index in [-0.39, 0.29) is 11.8 Å². The van der Waals surface area contributed by atoms with Gasteiger partial charge < -0.3 is 4.74 Å². The lowest BCUT2D eigenvalue weighted by Gasteiger charge is -2.02. The Labute approximate surface area is 111 Å². The summed E-state index contributed by atoms with van der Waals surface area (Å²) in [6.07, 6.45) is 2.44. The number of aliphatic imine (C=N–C) groups is 1. The van der Waals surface area contributed by atoms with Crippen molar-refractivity contribution in [2.24, 2.45) is 4.99 Å². The molecule has 0 saturated carbocycles. The van der Waals surface area contributed by atoms with Crippen molar-refractivity contribution in [1.82, 2.24) is 0 Å². The molecule has 0 heterocycles. The van der Waals surface area contributed by atoms with Gasteiger partial charge in [-0.1, -0.05) is 11.6 Å². The van der Waals surface area contributed by atoms with E-state index in [0.717, 1.165) is 0 Å². The summed E-state index contributed by atoms with van der Waals surface area (Å²) in [5.41, 5.74) is 1.22. The maximum atomic E-state index is 13.2. The zero-order chi connectivity index (χ0) is 13.5. The van der Waals surface area contributed by atoms with E-state index in [1.54, 1.807) is 6.92 Å². The number of carbonyl (C=O) groups excluding carboxylic acids is 1. The minimum Gasteiger partial charge on any atom is -0.469 e. The van der Waals surface area contributed by atoms with Crippen molar-refractivity contribution >= 4 is 23.8 Å². The highest BCUT2D eigenvalue weighted by Gasteiger charge is 2.04. The highest BCUT2D eigenvalue weighted by molar-refractivity contribution is 6.33. The van der Waals surface area contributed by atoms with Crippen molar-refractivity contribution in [2.75, 3.05) is 13.7 Å². The lowest BCUT2D eigenvalue weighted by molar-refractivity contribution is -0.140. The van der Waals surface area contributed by atoms with Gasteiger partial charge in [-0.15, -0.1) is 0 Å². The molecule has 0 atom stereocenters. The molecule has 0 saturated heterocycles. The van der Waals surface area contributed by atoms with Crippen LogP contribution >= 0.6 is 11.6 Å². The first-order chi connectivity index (χ1) is 8.54. The van der Waals surface area contributed by atoms with Crippen LogP contribution in [-0.2, 0) is 9.53 Å². The van der Waals surface area contributed by atoms with E-state index in [4.69, 9.17) is 11.6 Å². The lowest BCUT2D eigenvalue weighted by Crippen LogP contribution is -2.00. The van der Waals surface area contributed by atoms with E-state index in [1.165, 1.54) is 25.5 Å². The van der Waals surface area contributed by atoms with Crippen molar-refractivity contribution < 1.29 is 13.9 Å². The van der Waals surface area contributed by atoms with Crippen LogP contribution in [0.1, 0.15) is 24.0 Å². The van der Waals surface area contributed by atoms with Crippen LogP contribution in [0.15, 0.2) is 17.1 Å². The summed E-state index contributed by atoms with van der Waals surface area (Å²) in [5, 5.41) is 0.494. The molecule has 5 heteroatoms. The van der Waals surface area contributed by atoms with Gasteiger partial charge in [-0.05, 0) is 31.0 Å². The van der Waals surface area contributed by atoms with Gasteiger partial charge in [-0.3, -0.25) is 9.79 Å². The number of hydrogen-bond acceptors (Lipinski definition) is 3. The van der Waals surface area contributed by atoms with E-state index in [2.05, 4.69) is 9.73 Å².